The number of pyridine rings is 1. The Kier molecular flexibility index (Phi) is 6.36. The Bertz CT molecular complexity index is 1080. The molecule has 0 radical (unpaired) electrons. The number of benzene rings is 2. The zero-order chi connectivity index (χ0) is 20.8. The number of nitrogens with one attached hydrogen (secondary N) is 2. The van der Waals surface area contributed by atoms with Crippen molar-refractivity contribution < 1.29 is 18.7 Å². The fourth-order valence-corrected chi connectivity index (χ4v) is 2.54. The van der Waals surface area contributed by atoms with Crippen molar-refractivity contribution >= 4 is 29.3 Å². The number of aliphatic imine (C=N–C) groups is 1. The van der Waals surface area contributed by atoms with Gasteiger partial charge in [0.1, 0.15) is 5.82 Å². The molecule has 148 valence electrons. The first-order valence-electron chi connectivity index (χ1n) is 8.41. The Balaban J connectivity index is 1.86. The van der Waals surface area contributed by atoms with Crippen LogP contribution in [0.5, 0.6) is 5.88 Å². The summed E-state index contributed by atoms with van der Waals surface area (Å²) >= 11 is 6.13. The molecule has 2 aromatic carbocycles. The van der Waals surface area contributed by atoms with Crippen LogP contribution in [0.1, 0.15) is 15.9 Å². The summed E-state index contributed by atoms with van der Waals surface area (Å²) in [5.41, 5.74) is 0.611. The number of hydrogen-bond acceptors (Lipinski definition) is 3. The molecule has 0 saturated heterocycles. The smallest absolute Gasteiger partial charge is 0.280 e. The van der Waals surface area contributed by atoms with Gasteiger partial charge in [-0.1, -0.05) is 35.9 Å². The lowest BCUT2D eigenvalue weighted by Crippen LogP contribution is -2.31. The topological polar surface area (TPSA) is 86.6 Å². The molecule has 3 rings (SSSR count). The van der Waals surface area contributed by atoms with E-state index in [0.29, 0.717) is 5.02 Å². The van der Waals surface area contributed by atoms with Crippen molar-refractivity contribution in [2.75, 3.05) is 5.32 Å². The van der Waals surface area contributed by atoms with Crippen molar-refractivity contribution in [3.63, 3.8) is 0 Å². The van der Waals surface area contributed by atoms with Gasteiger partial charge in [-0.05, 0) is 35.9 Å². The molecule has 3 aromatic rings. The zero-order valence-corrected chi connectivity index (χ0v) is 15.6. The van der Waals surface area contributed by atoms with E-state index in [1.54, 1.807) is 36.4 Å². The molecule has 1 heterocycles. The normalized spacial score (nSPS) is 11.2. The minimum atomic E-state index is -1.15. The Morgan fingerprint density at radius 1 is 1.07 bits per heavy atom. The fraction of sp³-hybridized carbons (Fsp3) is 0.0500. The van der Waals surface area contributed by atoms with E-state index < -0.39 is 17.5 Å². The van der Waals surface area contributed by atoms with E-state index in [1.807, 2.05) is 0 Å². The highest BCUT2D eigenvalue weighted by Gasteiger charge is 2.12. The van der Waals surface area contributed by atoms with Crippen molar-refractivity contribution in [3.05, 3.63) is 88.4 Å². The van der Waals surface area contributed by atoms with Gasteiger partial charge >= 0.3 is 0 Å². The third-order valence-corrected chi connectivity index (χ3v) is 4.13. The minimum absolute atomic E-state index is 0.0160. The van der Waals surface area contributed by atoms with Crippen LogP contribution in [-0.4, -0.2) is 22.0 Å². The van der Waals surface area contributed by atoms with Gasteiger partial charge in [0.2, 0.25) is 11.8 Å². The van der Waals surface area contributed by atoms with Gasteiger partial charge in [0.05, 0.1) is 0 Å². The number of guanidine groups is 1. The zero-order valence-electron chi connectivity index (χ0n) is 14.9. The lowest BCUT2D eigenvalue weighted by Gasteiger charge is -2.12. The standard InChI is InChI=1S/C20H15ClF2N4O2/c21-14-5-2-1-4-13(14)11-24-20(26-17-6-3-7-18(28)25-17)27-19(29)12-8-9-15(22)16(23)10-12/h1-10H,11H2,(H3,24,25,26,27,28,29). The second kappa shape index (κ2) is 9.11. The van der Waals surface area contributed by atoms with Crippen LogP contribution in [0.3, 0.4) is 0 Å². The highest BCUT2D eigenvalue weighted by molar-refractivity contribution is 6.31. The monoisotopic (exact) mass is 416 g/mol. The molecule has 0 saturated carbocycles. The molecule has 0 fully saturated rings. The molecule has 1 aromatic heterocycles. The van der Waals surface area contributed by atoms with Gasteiger partial charge in [-0.15, -0.1) is 0 Å². The second-order valence-electron chi connectivity index (χ2n) is 5.85. The largest absolute Gasteiger partial charge is 0.493 e. The number of aromatic hydroxyl groups is 1. The number of carbonyl (C=O) groups excluding carboxylic acids is 1. The third kappa shape index (κ3) is 5.49. The maximum absolute atomic E-state index is 13.4. The molecule has 0 unspecified atom stereocenters. The van der Waals surface area contributed by atoms with Crippen molar-refractivity contribution in [3.8, 4) is 5.88 Å². The maximum atomic E-state index is 13.4. The lowest BCUT2D eigenvalue weighted by molar-refractivity contribution is 0.100. The number of hydrogen-bond donors (Lipinski definition) is 3. The molecular formula is C20H15ClF2N4O2. The van der Waals surface area contributed by atoms with E-state index in [9.17, 15) is 18.7 Å². The van der Waals surface area contributed by atoms with E-state index in [-0.39, 0.29) is 29.8 Å². The number of rotatable bonds is 4. The molecule has 0 bridgehead atoms. The SMILES string of the molecule is O=C(/N=C(/NCc1ccccc1Cl)Nc1cccc(O)n1)c1ccc(F)c(F)c1. The summed E-state index contributed by atoms with van der Waals surface area (Å²) in [6.45, 7) is 0.218. The van der Waals surface area contributed by atoms with Crippen LogP contribution in [0, 0.1) is 11.6 Å². The van der Waals surface area contributed by atoms with Crippen LogP contribution in [0.4, 0.5) is 14.6 Å². The van der Waals surface area contributed by atoms with E-state index in [1.165, 1.54) is 6.07 Å². The number of anilines is 1. The summed E-state index contributed by atoms with van der Waals surface area (Å²) < 4.78 is 26.5. The first kappa shape index (κ1) is 20.2. The summed E-state index contributed by atoms with van der Waals surface area (Å²) in [5, 5.41) is 15.7. The minimum Gasteiger partial charge on any atom is -0.493 e. The quantitative estimate of drug-likeness (QED) is 0.440. The molecule has 6 nitrogen and oxygen atoms in total. The van der Waals surface area contributed by atoms with E-state index in [0.717, 1.165) is 23.8 Å². The van der Waals surface area contributed by atoms with E-state index >= 15 is 0 Å². The van der Waals surface area contributed by atoms with Crippen LogP contribution in [0.15, 0.2) is 65.7 Å². The Morgan fingerprint density at radius 3 is 2.59 bits per heavy atom. The molecule has 0 spiro atoms. The molecular weight excluding hydrogens is 402 g/mol. The van der Waals surface area contributed by atoms with Gasteiger partial charge < -0.3 is 15.7 Å². The first-order chi connectivity index (χ1) is 13.9. The molecule has 0 aliphatic carbocycles. The van der Waals surface area contributed by atoms with Gasteiger partial charge in [-0.25, -0.2) is 8.78 Å². The van der Waals surface area contributed by atoms with Gasteiger partial charge in [-0.3, -0.25) is 4.79 Å². The summed E-state index contributed by atoms with van der Waals surface area (Å²) in [5.74, 6) is -3.05. The summed E-state index contributed by atoms with van der Waals surface area (Å²) in [6, 6.07) is 14.3. The van der Waals surface area contributed by atoms with Gasteiger partial charge in [-0.2, -0.15) is 9.98 Å². The molecule has 0 atom stereocenters. The third-order valence-electron chi connectivity index (χ3n) is 3.76. The van der Waals surface area contributed by atoms with Crippen molar-refractivity contribution in [1.82, 2.24) is 10.3 Å². The number of nitrogens with zero attached hydrogens (tertiary/aromatic N) is 2. The van der Waals surface area contributed by atoms with Crippen LogP contribution in [-0.2, 0) is 6.54 Å². The summed E-state index contributed by atoms with van der Waals surface area (Å²) in [6.07, 6.45) is 0. The molecule has 29 heavy (non-hydrogen) atoms. The van der Waals surface area contributed by atoms with Gasteiger partial charge in [0.25, 0.3) is 5.91 Å². The highest BCUT2D eigenvalue weighted by Crippen LogP contribution is 2.15. The molecule has 1 amide bonds. The second-order valence-corrected chi connectivity index (χ2v) is 6.25. The number of aromatic nitrogens is 1. The first-order valence-corrected chi connectivity index (χ1v) is 8.78. The van der Waals surface area contributed by atoms with Crippen LogP contribution >= 0.6 is 11.6 Å². The van der Waals surface area contributed by atoms with Crippen LogP contribution in [0.2, 0.25) is 5.02 Å². The summed E-state index contributed by atoms with van der Waals surface area (Å²) in [7, 11) is 0. The van der Waals surface area contributed by atoms with Crippen molar-refractivity contribution in [2.24, 2.45) is 4.99 Å². The van der Waals surface area contributed by atoms with Gasteiger partial charge in [0.15, 0.2) is 11.6 Å². The van der Waals surface area contributed by atoms with Crippen LogP contribution in [0.25, 0.3) is 0 Å². The summed E-state index contributed by atoms with van der Waals surface area (Å²) in [4.78, 5) is 20.2. The van der Waals surface area contributed by atoms with Crippen molar-refractivity contribution in [2.45, 2.75) is 6.54 Å². The predicted octanol–water partition coefficient (Wildman–Crippen LogP) is 4.12. The fourth-order valence-electron chi connectivity index (χ4n) is 2.34. The average molecular weight is 417 g/mol. The van der Waals surface area contributed by atoms with Gasteiger partial charge in [0, 0.05) is 23.2 Å². The Hall–Kier alpha value is -3.52. The maximum Gasteiger partial charge on any atom is 0.280 e. The Morgan fingerprint density at radius 2 is 1.86 bits per heavy atom. The molecule has 0 aliphatic heterocycles. The predicted molar refractivity (Wildman–Crippen MR) is 106 cm³/mol. The average Bonchev–Trinajstić information content (AvgIpc) is 2.69. The highest BCUT2D eigenvalue weighted by atomic mass is 35.5. The number of halogens is 3. The van der Waals surface area contributed by atoms with E-state index in [2.05, 4.69) is 20.6 Å². The van der Waals surface area contributed by atoms with Crippen LogP contribution < -0.4 is 10.6 Å². The number of carbonyl (C=O) groups is 1. The van der Waals surface area contributed by atoms with Crippen molar-refractivity contribution in [1.29, 1.82) is 0 Å². The molecule has 9 heteroatoms. The molecule has 3 N–H and O–H groups in total. The molecule has 0 aliphatic rings. The van der Waals surface area contributed by atoms with E-state index in [4.69, 9.17) is 11.6 Å². The Labute approximate surface area is 169 Å². The number of amides is 1. The lowest BCUT2D eigenvalue weighted by atomic mass is 10.2.